The molecule has 16 heavy (non-hydrogen) atoms. The number of nitrogens with two attached hydrogens (primary N) is 1. The van der Waals surface area contributed by atoms with Crippen molar-refractivity contribution in [3.63, 3.8) is 0 Å². The van der Waals surface area contributed by atoms with Gasteiger partial charge in [-0.3, -0.25) is 0 Å². The Hall–Kier alpha value is -1.83. The summed E-state index contributed by atoms with van der Waals surface area (Å²) >= 11 is 0. The zero-order chi connectivity index (χ0) is 11.5. The van der Waals surface area contributed by atoms with Crippen molar-refractivity contribution in [2.24, 2.45) is 5.16 Å². The topological polar surface area (TPSA) is 105 Å². The number of piperazine rings is 1. The van der Waals surface area contributed by atoms with Crippen molar-refractivity contribution in [1.29, 1.82) is 0 Å². The molecule has 0 bridgehead atoms. The van der Waals surface area contributed by atoms with E-state index in [2.05, 4.69) is 27.1 Å². The van der Waals surface area contributed by atoms with E-state index in [-0.39, 0.29) is 5.82 Å². The van der Waals surface area contributed by atoms with E-state index in [0.29, 0.717) is 11.5 Å². The highest BCUT2D eigenvalue weighted by Gasteiger charge is 2.25. The average molecular weight is 227 g/mol. The molecule has 1 aromatic rings. The number of quaternary nitrogens is 1. The fourth-order valence-electron chi connectivity index (χ4n) is 1.71. The second-order valence-corrected chi connectivity index (χ2v) is 3.87. The SMILES string of the molecule is C[NH+]1CCN(/C(=N\O)c2nonc2N)CC1. The van der Waals surface area contributed by atoms with Gasteiger partial charge in [-0.05, 0) is 10.3 Å². The van der Waals surface area contributed by atoms with E-state index in [1.807, 2.05) is 4.90 Å². The summed E-state index contributed by atoms with van der Waals surface area (Å²) < 4.78 is 4.49. The Bertz CT molecular complexity index is 382. The summed E-state index contributed by atoms with van der Waals surface area (Å²) in [6, 6.07) is 0. The summed E-state index contributed by atoms with van der Waals surface area (Å²) in [5, 5.41) is 19.3. The number of hydrogen-bond donors (Lipinski definition) is 3. The molecule has 8 nitrogen and oxygen atoms in total. The van der Waals surface area contributed by atoms with Gasteiger partial charge >= 0.3 is 0 Å². The standard InChI is InChI=1S/C8H14N6O2/c1-13-2-4-14(5-3-13)8(10-15)6-7(9)12-16-11-6/h15H,2-5H2,1H3,(H2,9,12)/p+1/b10-8-. The lowest BCUT2D eigenvalue weighted by molar-refractivity contribution is -0.883. The summed E-state index contributed by atoms with van der Waals surface area (Å²) in [7, 11) is 2.12. The van der Waals surface area contributed by atoms with Crippen molar-refractivity contribution in [2.75, 3.05) is 39.0 Å². The molecule has 0 aromatic carbocycles. The molecular formula is C8H15N6O2+. The van der Waals surface area contributed by atoms with Gasteiger partial charge in [-0.15, -0.1) is 0 Å². The minimum atomic E-state index is 0.138. The molecule has 2 rings (SSSR count). The average Bonchev–Trinajstić information content (AvgIpc) is 2.69. The Morgan fingerprint density at radius 1 is 1.50 bits per heavy atom. The number of nitrogen functional groups attached to an aromatic ring is 1. The maximum absolute atomic E-state index is 9.01. The zero-order valence-electron chi connectivity index (χ0n) is 9.05. The minimum Gasteiger partial charge on any atom is -0.409 e. The highest BCUT2D eigenvalue weighted by atomic mass is 16.6. The van der Waals surface area contributed by atoms with Crippen LogP contribution in [0.1, 0.15) is 5.69 Å². The molecule has 0 aliphatic carbocycles. The monoisotopic (exact) mass is 227 g/mol. The molecule has 1 saturated heterocycles. The quantitative estimate of drug-likeness (QED) is 0.214. The maximum Gasteiger partial charge on any atom is 0.201 e. The number of oxime groups is 1. The van der Waals surface area contributed by atoms with Crippen LogP contribution >= 0.6 is 0 Å². The largest absolute Gasteiger partial charge is 0.409 e. The molecule has 1 aromatic heterocycles. The molecule has 1 fully saturated rings. The van der Waals surface area contributed by atoms with Crippen LogP contribution in [-0.2, 0) is 0 Å². The van der Waals surface area contributed by atoms with Crippen molar-refractivity contribution >= 4 is 11.7 Å². The predicted octanol–water partition coefficient (Wildman–Crippen LogP) is -2.38. The van der Waals surface area contributed by atoms with Crippen LogP contribution in [0.15, 0.2) is 9.78 Å². The number of aromatic nitrogens is 2. The van der Waals surface area contributed by atoms with Gasteiger partial charge < -0.3 is 20.7 Å². The van der Waals surface area contributed by atoms with Crippen LogP contribution in [0, 0.1) is 0 Å². The third-order valence-corrected chi connectivity index (χ3v) is 2.74. The van der Waals surface area contributed by atoms with E-state index < -0.39 is 0 Å². The number of anilines is 1. The Labute approximate surface area is 92.3 Å². The van der Waals surface area contributed by atoms with Crippen molar-refractivity contribution < 1.29 is 14.7 Å². The van der Waals surface area contributed by atoms with E-state index in [9.17, 15) is 0 Å². The van der Waals surface area contributed by atoms with Crippen LogP contribution < -0.4 is 10.6 Å². The Balaban J connectivity index is 2.15. The van der Waals surface area contributed by atoms with Gasteiger partial charge in [-0.1, -0.05) is 5.16 Å². The first-order valence-electron chi connectivity index (χ1n) is 5.09. The summed E-state index contributed by atoms with van der Waals surface area (Å²) in [6.45, 7) is 3.53. The number of amidine groups is 1. The molecule has 0 unspecified atom stereocenters. The van der Waals surface area contributed by atoms with E-state index >= 15 is 0 Å². The lowest BCUT2D eigenvalue weighted by Gasteiger charge is -2.30. The van der Waals surface area contributed by atoms with Crippen LogP contribution in [-0.4, -0.2) is 59.5 Å². The van der Waals surface area contributed by atoms with E-state index in [1.165, 1.54) is 4.90 Å². The number of likely N-dealkylation sites (N-methyl/N-ethyl adjacent to an activating group) is 1. The lowest BCUT2D eigenvalue weighted by Crippen LogP contribution is -3.12. The van der Waals surface area contributed by atoms with E-state index in [0.717, 1.165) is 26.2 Å². The fraction of sp³-hybridized carbons (Fsp3) is 0.625. The molecule has 0 amide bonds. The zero-order valence-corrected chi connectivity index (χ0v) is 9.05. The first-order chi connectivity index (χ1) is 7.72. The van der Waals surface area contributed by atoms with Gasteiger partial charge in [0.25, 0.3) is 0 Å². The Kier molecular flexibility index (Phi) is 2.91. The second-order valence-electron chi connectivity index (χ2n) is 3.87. The molecule has 4 N–H and O–H groups in total. The van der Waals surface area contributed by atoms with E-state index in [4.69, 9.17) is 10.9 Å². The van der Waals surface area contributed by atoms with E-state index in [1.54, 1.807) is 0 Å². The molecule has 2 heterocycles. The molecule has 1 aliphatic heterocycles. The first kappa shape index (κ1) is 10.7. The molecule has 0 radical (unpaired) electrons. The first-order valence-corrected chi connectivity index (χ1v) is 5.09. The third-order valence-electron chi connectivity index (χ3n) is 2.74. The molecule has 0 atom stereocenters. The third kappa shape index (κ3) is 1.91. The normalized spacial score (nSPS) is 19.1. The van der Waals surface area contributed by atoms with Gasteiger partial charge in [0.1, 0.15) is 0 Å². The predicted molar refractivity (Wildman–Crippen MR) is 55.2 cm³/mol. The van der Waals surface area contributed by atoms with Crippen molar-refractivity contribution in [1.82, 2.24) is 15.2 Å². The number of hydrogen-bond acceptors (Lipinski definition) is 6. The molecule has 88 valence electrons. The van der Waals surface area contributed by atoms with Gasteiger partial charge in [0.05, 0.1) is 33.2 Å². The van der Waals surface area contributed by atoms with Crippen LogP contribution in [0.2, 0.25) is 0 Å². The molecule has 0 saturated carbocycles. The number of rotatable bonds is 1. The summed E-state index contributed by atoms with van der Waals surface area (Å²) in [5.74, 6) is 0.463. The van der Waals surface area contributed by atoms with Crippen molar-refractivity contribution in [3.8, 4) is 0 Å². The van der Waals surface area contributed by atoms with Crippen molar-refractivity contribution in [3.05, 3.63) is 5.69 Å². The summed E-state index contributed by atoms with van der Waals surface area (Å²) in [5.41, 5.74) is 5.85. The van der Waals surface area contributed by atoms with Crippen LogP contribution in [0.4, 0.5) is 5.82 Å². The minimum absolute atomic E-state index is 0.138. The molecule has 8 heteroatoms. The van der Waals surface area contributed by atoms with Gasteiger partial charge in [0, 0.05) is 0 Å². The molecule has 1 aliphatic rings. The van der Waals surface area contributed by atoms with Gasteiger partial charge in [-0.25, -0.2) is 4.63 Å². The van der Waals surface area contributed by atoms with Crippen LogP contribution in [0.3, 0.4) is 0 Å². The van der Waals surface area contributed by atoms with Crippen LogP contribution in [0.5, 0.6) is 0 Å². The number of nitrogens with zero attached hydrogens (tertiary/aromatic N) is 4. The van der Waals surface area contributed by atoms with Gasteiger partial charge in [0.2, 0.25) is 5.84 Å². The second kappa shape index (κ2) is 4.35. The van der Waals surface area contributed by atoms with Crippen LogP contribution in [0.25, 0.3) is 0 Å². The van der Waals surface area contributed by atoms with Crippen molar-refractivity contribution in [2.45, 2.75) is 0 Å². The summed E-state index contributed by atoms with van der Waals surface area (Å²) in [6.07, 6.45) is 0. The molecular weight excluding hydrogens is 212 g/mol. The fourth-order valence-corrected chi connectivity index (χ4v) is 1.71. The Morgan fingerprint density at radius 2 is 2.19 bits per heavy atom. The lowest BCUT2D eigenvalue weighted by atomic mass is 10.3. The number of nitrogens with one attached hydrogen (secondary N) is 1. The van der Waals surface area contributed by atoms with Gasteiger partial charge in [-0.2, -0.15) is 0 Å². The maximum atomic E-state index is 9.01. The highest BCUT2D eigenvalue weighted by Crippen LogP contribution is 2.09. The summed E-state index contributed by atoms with van der Waals surface area (Å²) in [4.78, 5) is 3.36. The molecule has 0 spiro atoms. The van der Waals surface area contributed by atoms with Gasteiger partial charge in [0.15, 0.2) is 11.5 Å². The Morgan fingerprint density at radius 3 is 2.69 bits per heavy atom. The highest BCUT2D eigenvalue weighted by molar-refractivity contribution is 6.00. The smallest absolute Gasteiger partial charge is 0.201 e.